The molecule has 3 aromatic rings. The van der Waals surface area contributed by atoms with Crippen LogP contribution in [0.2, 0.25) is 0 Å². The van der Waals surface area contributed by atoms with E-state index in [0.29, 0.717) is 11.1 Å². The maximum Gasteiger partial charge on any atom is 0.277 e. The molecule has 0 N–H and O–H groups in total. The number of hydrogen-bond donors (Lipinski definition) is 0. The van der Waals surface area contributed by atoms with Gasteiger partial charge in [0.15, 0.2) is 0 Å². The van der Waals surface area contributed by atoms with Gasteiger partial charge in [-0.25, -0.2) is 0 Å². The van der Waals surface area contributed by atoms with Crippen molar-refractivity contribution in [3.63, 3.8) is 0 Å². The van der Waals surface area contributed by atoms with Crippen LogP contribution >= 0.6 is 27.7 Å². The summed E-state index contributed by atoms with van der Waals surface area (Å²) in [5, 5.41) is 8.72. The van der Waals surface area contributed by atoms with Gasteiger partial charge in [0, 0.05) is 15.8 Å². The van der Waals surface area contributed by atoms with E-state index in [0.717, 1.165) is 21.5 Å². The summed E-state index contributed by atoms with van der Waals surface area (Å²) in [4.78, 5) is 0. The fourth-order valence-corrected chi connectivity index (χ4v) is 2.83. The molecule has 0 atom stereocenters. The Morgan fingerprint density at radius 2 is 1.77 bits per heavy atom. The van der Waals surface area contributed by atoms with E-state index in [4.69, 9.17) is 9.15 Å². The molecule has 0 aliphatic heterocycles. The lowest BCUT2D eigenvalue weighted by Gasteiger charge is -1.99. The van der Waals surface area contributed by atoms with Crippen molar-refractivity contribution >= 4 is 27.7 Å². The second-order valence-corrected chi connectivity index (χ2v) is 6.36. The molecular formula is C16H13BrN2O2S. The van der Waals surface area contributed by atoms with E-state index >= 15 is 0 Å². The molecule has 0 fully saturated rings. The molecule has 3 rings (SSSR count). The lowest BCUT2D eigenvalue weighted by Crippen LogP contribution is -1.82. The SMILES string of the molecule is COc1ccc(-c2nnc(SCc3ccc(Br)cc3)o2)cc1. The summed E-state index contributed by atoms with van der Waals surface area (Å²) in [6.45, 7) is 0. The van der Waals surface area contributed by atoms with Crippen molar-refractivity contribution < 1.29 is 9.15 Å². The van der Waals surface area contributed by atoms with Crippen LogP contribution in [0.5, 0.6) is 5.75 Å². The van der Waals surface area contributed by atoms with Gasteiger partial charge in [0.05, 0.1) is 7.11 Å². The zero-order chi connectivity index (χ0) is 15.4. The second-order valence-electron chi connectivity index (χ2n) is 4.52. The lowest BCUT2D eigenvalue weighted by molar-refractivity contribution is 0.414. The number of benzene rings is 2. The minimum atomic E-state index is 0.515. The Balaban J connectivity index is 1.66. The number of aromatic nitrogens is 2. The van der Waals surface area contributed by atoms with Crippen molar-refractivity contribution in [2.24, 2.45) is 0 Å². The maximum atomic E-state index is 5.68. The quantitative estimate of drug-likeness (QED) is 0.598. The van der Waals surface area contributed by atoms with Crippen LogP contribution in [0, 0.1) is 0 Å². The van der Waals surface area contributed by atoms with Gasteiger partial charge >= 0.3 is 0 Å². The van der Waals surface area contributed by atoms with Crippen LogP contribution in [0.15, 0.2) is 62.6 Å². The third-order valence-corrected chi connectivity index (χ3v) is 4.44. The fraction of sp³-hybridized carbons (Fsp3) is 0.125. The number of ether oxygens (including phenoxy) is 1. The Hall–Kier alpha value is -1.79. The van der Waals surface area contributed by atoms with Gasteiger partial charge in [0.25, 0.3) is 5.22 Å². The van der Waals surface area contributed by atoms with E-state index in [-0.39, 0.29) is 0 Å². The second kappa shape index (κ2) is 6.98. The molecule has 0 radical (unpaired) electrons. The molecule has 0 saturated carbocycles. The molecule has 0 spiro atoms. The molecule has 1 aromatic heterocycles. The molecule has 0 bridgehead atoms. The lowest BCUT2D eigenvalue weighted by atomic mass is 10.2. The number of thioether (sulfide) groups is 1. The fourth-order valence-electron chi connectivity index (χ4n) is 1.84. The summed E-state index contributed by atoms with van der Waals surface area (Å²) in [7, 11) is 1.64. The molecule has 0 aliphatic rings. The van der Waals surface area contributed by atoms with Crippen LogP contribution in [0.25, 0.3) is 11.5 Å². The van der Waals surface area contributed by atoms with Crippen molar-refractivity contribution in [2.75, 3.05) is 7.11 Å². The van der Waals surface area contributed by atoms with Crippen LogP contribution in [0.3, 0.4) is 0 Å². The van der Waals surface area contributed by atoms with Gasteiger partial charge < -0.3 is 9.15 Å². The van der Waals surface area contributed by atoms with E-state index in [1.54, 1.807) is 7.11 Å². The Morgan fingerprint density at radius 3 is 2.45 bits per heavy atom. The number of halogens is 1. The van der Waals surface area contributed by atoms with Crippen molar-refractivity contribution in [3.8, 4) is 17.2 Å². The van der Waals surface area contributed by atoms with Crippen molar-refractivity contribution in [2.45, 2.75) is 11.0 Å². The Morgan fingerprint density at radius 1 is 1.05 bits per heavy atom. The van der Waals surface area contributed by atoms with Gasteiger partial charge in [-0.3, -0.25) is 0 Å². The van der Waals surface area contributed by atoms with E-state index in [2.05, 4.69) is 38.3 Å². The average Bonchev–Trinajstić information content (AvgIpc) is 3.03. The number of methoxy groups -OCH3 is 1. The highest BCUT2D eigenvalue weighted by atomic mass is 79.9. The predicted octanol–water partition coefficient (Wildman–Crippen LogP) is 4.80. The number of rotatable bonds is 5. The molecule has 4 nitrogen and oxygen atoms in total. The van der Waals surface area contributed by atoms with Crippen LogP contribution in [0.1, 0.15) is 5.56 Å². The van der Waals surface area contributed by atoms with Gasteiger partial charge in [-0.05, 0) is 42.0 Å². The average molecular weight is 377 g/mol. The van der Waals surface area contributed by atoms with Gasteiger partial charge in [-0.15, -0.1) is 10.2 Å². The first-order valence-electron chi connectivity index (χ1n) is 6.60. The summed E-state index contributed by atoms with van der Waals surface area (Å²) in [5.74, 6) is 2.10. The molecule has 6 heteroatoms. The highest BCUT2D eigenvalue weighted by Gasteiger charge is 2.09. The number of hydrogen-bond acceptors (Lipinski definition) is 5. The molecule has 112 valence electrons. The highest BCUT2D eigenvalue weighted by Crippen LogP contribution is 2.27. The first-order chi connectivity index (χ1) is 10.7. The molecular weight excluding hydrogens is 364 g/mol. The largest absolute Gasteiger partial charge is 0.497 e. The zero-order valence-corrected chi connectivity index (χ0v) is 14.2. The van der Waals surface area contributed by atoms with Gasteiger partial charge in [-0.1, -0.05) is 39.8 Å². The normalized spacial score (nSPS) is 10.6. The van der Waals surface area contributed by atoms with E-state index < -0.39 is 0 Å². The topological polar surface area (TPSA) is 48.2 Å². The molecule has 0 amide bonds. The Kier molecular flexibility index (Phi) is 4.80. The standard InChI is InChI=1S/C16H13BrN2O2S/c1-20-14-8-4-12(5-9-14)15-18-19-16(21-15)22-10-11-2-6-13(17)7-3-11/h2-9H,10H2,1H3. The maximum absolute atomic E-state index is 5.68. The molecule has 0 saturated heterocycles. The van der Waals surface area contributed by atoms with Gasteiger partial charge in [0.1, 0.15) is 5.75 Å². The Labute approximate surface area is 141 Å². The van der Waals surface area contributed by atoms with Crippen LogP contribution < -0.4 is 4.74 Å². The molecule has 1 heterocycles. The predicted molar refractivity (Wildman–Crippen MR) is 90.0 cm³/mol. The summed E-state index contributed by atoms with van der Waals surface area (Å²) in [6, 6.07) is 15.7. The monoisotopic (exact) mass is 376 g/mol. The van der Waals surface area contributed by atoms with Gasteiger partial charge in [0.2, 0.25) is 5.89 Å². The number of nitrogens with zero attached hydrogens (tertiary/aromatic N) is 2. The van der Waals surface area contributed by atoms with Crippen molar-refractivity contribution in [1.82, 2.24) is 10.2 Å². The Bertz CT molecular complexity index is 742. The third-order valence-electron chi connectivity index (χ3n) is 3.02. The summed E-state index contributed by atoms with van der Waals surface area (Å²) < 4.78 is 11.9. The minimum Gasteiger partial charge on any atom is -0.497 e. The van der Waals surface area contributed by atoms with E-state index in [1.165, 1.54) is 17.3 Å². The van der Waals surface area contributed by atoms with E-state index in [9.17, 15) is 0 Å². The summed E-state index contributed by atoms with van der Waals surface area (Å²) >= 11 is 4.95. The molecule has 0 unspecified atom stereocenters. The third kappa shape index (κ3) is 3.69. The zero-order valence-electron chi connectivity index (χ0n) is 11.8. The molecule has 22 heavy (non-hydrogen) atoms. The minimum absolute atomic E-state index is 0.515. The first-order valence-corrected chi connectivity index (χ1v) is 8.37. The highest BCUT2D eigenvalue weighted by molar-refractivity contribution is 9.10. The molecule has 0 aliphatic carbocycles. The van der Waals surface area contributed by atoms with Crippen molar-refractivity contribution in [3.05, 3.63) is 58.6 Å². The van der Waals surface area contributed by atoms with Gasteiger partial charge in [-0.2, -0.15) is 0 Å². The van der Waals surface area contributed by atoms with E-state index in [1.807, 2.05) is 36.4 Å². The van der Waals surface area contributed by atoms with Crippen LogP contribution in [0.4, 0.5) is 0 Å². The smallest absolute Gasteiger partial charge is 0.277 e. The summed E-state index contributed by atoms with van der Waals surface area (Å²) in [6.07, 6.45) is 0. The first kappa shape index (κ1) is 15.1. The van der Waals surface area contributed by atoms with Crippen molar-refractivity contribution in [1.29, 1.82) is 0 Å². The van der Waals surface area contributed by atoms with Crippen LogP contribution in [-0.4, -0.2) is 17.3 Å². The summed E-state index contributed by atoms with van der Waals surface area (Å²) in [5.41, 5.74) is 2.08. The van der Waals surface area contributed by atoms with Crippen LogP contribution in [-0.2, 0) is 5.75 Å². The molecule has 2 aromatic carbocycles.